The van der Waals surface area contributed by atoms with Gasteiger partial charge in [0.25, 0.3) is 0 Å². The van der Waals surface area contributed by atoms with Crippen molar-refractivity contribution in [2.75, 3.05) is 33.5 Å². The number of carbonyl (C=O) groups is 1. The van der Waals surface area contributed by atoms with Crippen LogP contribution in [0.1, 0.15) is 18.4 Å². The maximum absolute atomic E-state index is 12.0. The highest BCUT2D eigenvalue weighted by molar-refractivity contribution is 9.10. The lowest BCUT2D eigenvalue weighted by Crippen LogP contribution is -2.50. The molecule has 1 aliphatic rings. The lowest BCUT2D eigenvalue weighted by atomic mass is 9.74. The molecule has 0 bridgehead atoms. The molecule has 130 valence electrons. The maximum atomic E-state index is 12.0. The highest BCUT2D eigenvalue weighted by Gasteiger charge is 2.35. The van der Waals surface area contributed by atoms with Crippen LogP contribution in [0, 0.1) is 0 Å². The molecule has 1 unspecified atom stereocenters. The molecule has 1 fully saturated rings. The molecule has 1 saturated heterocycles. The number of nitrogens with two attached hydrogens (primary N) is 1. The summed E-state index contributed by atoms with van der Waals surface area (Å²) in [6.45, 7) is 2.20. The van der Waals surface area contributed by atoms with E-state index in [2.05, 4.69) is 33.4 Å². The molecule has 5 nitrogen and oxygen atoms in total. The molecule has 1 amide bonds. The molecule has 7 heteroatoms. The van der Waals surface area contributed by atoms with E-state index in [1.54, 1.807) is 0 Å². The number of rotatable bonds is 6. The molecule has 3 N–H and O–H groups in total. The van der Waals surface area contributed by atoms with Crippen molar-refractivity contribution in [1.29, 1.82) is 0 Å². The van der Waals surface area contributed by atoms with Crippen LogP contribution in [0.2, 0.25) is 0 Å². The van der Waals surface area contributed by atoms with Crippen molar-refractivity contribution in [2.24, 2.45) is 5.73 Å². The second-order valence-corrected chi connectivity index (χ2v) is 6.59. The predicted molar refractivity (Wildman–Crippen MR) is 96.0 cm³/mol. The van der Waals surface area contributed by atoms with Crippen LogP contribution in [0.25, 0.3) is 0 Å². The number of hydrogen-bond acceptors (Lipinski definition) is 4. The van der Waals surface area contributed by atoms with E-state index < -0.39 is 6.04 Å². The summed E-state index contributed by atoms with van der Waals surface area (Å²) >= 11 is 3.46. The van der Waals surface area contributed by atoms with Crippen molar-refractivity contribution in [1.82, 2.24) is 5.32 Å². The molecular formula is C16H24BrClN2O3. The van der Waals surface area contributed by atoms with Crippen LogP contribution in [0.15, 0.2) is 28.7 Å². The third kappa shape index (κ3) is 5.43. The van der Waals surface area contributed by atoms with E-state index >= 15 is 0 Å². The van der Waals surface area contributed by atoms with E-state index in [1.807, 2.05) is 12.1 Å². The second-order valence-electron chi connectivity index (χ2n) is 5.68. The fourth-order valence-electron chi connectivity index (χ4n) is 2.78. The van der Waals surface area contributed by atoms with Gasteiger partial charge < -0.3 is 20.5 Å². The van der Waals surface area contributed by atoms with Gasteiger partial charge in [0.1, 0.15) is 6.04 Å². The summed E-state index contributed by atoms with van der Waals surface area (Å²) in [6, 6.07) is 7.65. The van der Waals surface area contributed by atoms with E-state index in [1.165, 1.54) is 12.7 Å². The lowest BCUT2D eigenvalue weighted by Gasteiger charge is -2.38. The Morgan fingerprint density at radius 2 is 2.00 bits per heavy atom. The first-order valence-corrected chi connectivity index (χ1v) is 8.23. The number of ether oxygens (including phenoxy) is 2. The van der Waals surface area contributed by atoms with Crippen LogP contribution in [0.4, 0.5) is 0 Å². The molecule has 23 heavy (non-hydrogen) atoms. The molecule has 2 rings (SSSR count). The zero-order valence-corrected chi connectivity index (χ0v) is 15.6. The summed E-state index contributed by atoms with van der Waals surface area (Å²) in [5.74, 6) is -0.176. The number of amides is 1. The van der Waals surface area contributed by atoms with E-state index in [4.69, 9.17) is 15.2 Å². The Morgan fingerprint density at radius 1 is 1.39 bits per heavy atom. The quantitative estimate of drug-likeness (QED) is 0.756. The van der Waals surface area contributed by atoms with Crippen LogP contribution in [-0.4, -0.2) is 45.4 Å². The third-order valence-electron chi connectivity index (χ3n) is 4.19. The smallest absolute Gasteiger partial charge is 0.239 e. The first kappa shape index (κ1) is 20.4. The summed E-state index contributed by atoms with van der Waals surface area (Å²) in [5, 5.41) is 2.98. The second kappa shape index (κ2) is 9.59. The van der Waals surface area contributed by atoms with Gasteiger partial charge in [-0.15, -0.1) is 12.4 Å². The molecule has 0 spiro atoms. The SMILES string of the molecule is COCC(N)C(=O)NCC1(c2ccc(Br)cc2)CCOCC1.Cl. The van der Waals surface area contributed by atoms with Crippen molar-refractivity contribution >= 4 is 34.2 Å². The summed E-state index contributed by atoms with van der Waals surface area (Å²) in [5.41, 5.74) is 6.90. The van der Waals surface area contributed by atoms with Crippen LogP contribution >= 0.6 is 28.3 Å². The van der Waals surface area contributed by atoms with Crippen molar-refractivity contribution in [3.05, 3.63) is 34.3 Å². The zero-order valence-electron chi connectivity index (χ0n) is 13.2. The molecular weight excluding hydrogens is 384 g/mol. The molecule has 0 radical (unpaired) electrons. The summed E-state index contributed by atoms with van der Waals surface area (Å²) in [6.07, 6.45) is 1.77. The third-order valence-corrected chi connectivity index (χ3v) is 4.72. The lowest BCUT2D eigenvalue weighted by molar-refractivity contribution is -0.124. The van der Waals surface area contributed by atoms with Crippen molar-refractivity contribution in [2.45, 2.75) is 24.3 Å². The van der Waals surface area contributed by atoms with Gasteiger partial charge in [-0.1, -0.05) is 28.1 Å². The van der Waals surface area contributed by atoms with Gasteiger partial charge in [0.2, 0.25) is 5.91 Å². The van der Waals surface area contributed by atoms with Gasteiger partial charge in [0.05, 0.1) is 6.61 Å². The first-order chi connectivity index (χ1) is 10.6. The van der Waals surface area contributed by atoms with E-state index in [0.29, 0.717) is 19.8 Å². The van der Waals surface area contributed by atoms with Gasteiger partial charge in [0.15, 0.2) is 0 Å². The summed E-state index contributed by atoms with van der Waals surface area (Å²) in [4.78, 5) is 12.0. The molecule has 0 aromatic heterocycles. The molecule has 1 atom stereocenters. The Hall–Kier alpha value is -0.660. The van der Waals surface area contributed by atoms with Gasteiger partial charge in [0, 0.05) is 36.8 Å². The number of nitrogens with one attached hydrogen (secondary N) is 1. The molecule has 1 aromatic rings. The standard InChI is InChI=1S/C16H23BrN2O3.ClH/c1-21-10-14(18)15(20)19-11-16(6-8-22-9-7-16)12-2-4-13(17)5-3-12;/h2-5,14H,6-11,18H2,1H3,(H,19,20);1H. The monoisotopic (exact) mass is 406 g/mol. The van der Waals surface area contributed by atoms with Gasteiger partial charge in [-0.3, -0.25) is 4.79 Å². The van der Waals surface area contributed by atoms with E-state index in [-0.39, 0.29) is 30.3 Å². The highest BCUT2D eigenvalue weighted by atomic mass is 79.9. The Balaban J connectivity index is 0.00000264. The minimum Gasteiger partial charge on any atom is -0.383 e. The Kier molecular flexibility index (Phi) is 8.50. The van der Waals surface area contributed by atoms with Gasteiger partial charge in [-0.2, -0.15) is 0 Å². The van der Waals surface area contributed by atoms with Crippen LogP contribution in [0.5, 0.6) is 0 Å². The molecule has 0 aliphatic carbocycles. The zero-order chi connectivity index (χ0) is 16.0. The average molecular weight is 408 g/mol. The Morgan fingerprint density at radius 3 is 2.57 bits per heavy atom. The van der Waals surface area contributed by atoms with Crippen LogP contribution in [0.3, 0.4) is 0 Å². The summed E-state index contributed by atoms with van der Waals surface area (Å²) in [7, 11) is 1.54. The Bertz CT molecular complexity index is 493. The average Bonchev–Trinajstić information content (AvgIpc) is 2.54. The van der Waals surface area contributed by atoms with Crippen molar-refractivity contribution < 1.29 is 14.3 Å². The summed E-state index contributed by atoms with van der Waals surface area (Å²) < 4.78 is 11.5. The molecule has 1 heterocycles. The predicted octanol–water partition coefficient (Wildman–Crippen LogP) is 2.01. The van der Waals surface area contributed by atoms with Gasteiger partial charge >= 0.3 is 0 Å². The van der Waals surface area contributed by atoms with Crippen molar-refractivity contribution in [3.8, 4) is 0 Å². The fraction of sp³-hybridized carbons (Fsp3) is 0.562. The number of halogens is 2. The van der Waals surface area contributed by atoms with Crippen LogP contribution < -0.4 is 11.1 Å². The minimum absolute atomic E-state index is 0. The number of methoxy groups -OCH3 is 1. The first-order valence-electron chi connectivity index (χ1n) is 7.43. The number of carbonyl (C=O) groups excluding carboxylic acids is 1. The molecule has 1 aliphatic heterocycles. The van der Waals surface area contributed by atoms with Gasteiger partial charge in [-0.25, -0.2) is 0 Å². The van der Waals surface area contributed by atoms with E-state index in [0.717, 1.165) is 17.3 Å². The largest absolute Gasteiger partial charge is 0.383 e. The minimum atomic E-state index is -0.633. The highest BCUT2D eigenvalue weighted by Crippen LogP contribution is 2.34. The number of benzene rings is 1. The van der Waals surface area contributed by atoms with Crippen molar-refractivity contribution in [3.63, 3.8) is 0 Å². The fourth-order valence-corrected chi connectivity index (χ4v) is 3.04. The Labute approximate surface area is 151 Å². The number of hydrogen-bond donors (Lipinski definition) is 2. The topological polar surface area (TPSA) is 73.6 Å². The van der Waals surface area contributed by atoms with E-state index in [9.17, 15) is 4.79 Å². The normalized spacial score (nSPS) is 17.9. The van der Waals surface area contributed by atoms with Gasteiger partial charge in [-0.05, 0) is 30.5 Å². The van der Waals surface area contributed by atoms with Crippen LogP contribution in [-0.2, 0) is 19.7 Å². The molecule has 1 aromatic carbocycles. The molecule has 0 saturated carbocycles. The maximum Gasteiger partial charge on any atom is 0.239 e.